The first-order valence-electron chi connectivity index (χ1n) is 13.9. The molecule has 0 aliphatic heterocycles. The topological polar surface area (TPSA) is 83.1 Å². The highest BCUT2D eigenvalue weighted by Gasteiger charge is 2.09. The molecule has 0 atom stereocenters. The van der Waals surface area contributed by atoms with Crippen LogP contribution in [0.25, 0.3) is 0 Å². The van der Waals surface area contributed by atoms with Crippen molar-refractivity contribution in [1.82, 2.24) is 0 Å². The van der Waals surface area contributed by atoms with Crippen LogP contribution in [0.5, 0.6) is 0 Å². The van der Waals surface area contributed by atoms with E-state index in [0.29, 0.717) is 117 Å². The van der Waals surface area contributed by atoms with Crippen molar-refractivity contribution in [2.45, 2.75) is 54.4 Å². The van der Waals surface area contributed by atoms with Gasteiger partial charge in [0.25, 0.3) is 0 Å². The van der Waals surface area contributed by atoms with Crippen molar-refractivity contribution in [3.8, 4) is 0 Å². The molecule has 0 saturated heterocycles. The summed E-state index contributed by atoms with van der Waals surface area (Å²) in [6, 6.07) is 0. The van der Waals surface area contributed by atoms with Gasteiger partial charge in [0.2, 0.25) is 0 Å². The van der Waals surface area contributed by atoms with Crippen molar-refractivity contribution in [3.63, 3.8) is 0 Å². The van der Waals surface area contributed by atoms with Crippen LogP contribution in [0.15, 0.2) is 0 Å². The Hall–Kier alpha value is -0.360. The molecule has 0 spiro atoms. The second kappa shape index (κ2) is 25.9. The van der Waals surface area contributed by atoms with Gasteiger partial charge in [0.15, 0.2) is 0 Å². The normalized spacial score (nSPS) is 12.5. The standard InChI is InChI=1S/C28H58O9/c1-27(2,3)7-9-29-11-13-31-15-17-33-19-21-35-23-25-37-26-24-36-22-20-34-18-16-32-14-12-30-10-8-28(4,5)6/h7-26H2,1-6H3. The van der Waals surface area contributed by atoms with Crippen LogP contribution in [0.1, 0.15) is 54.4 Å². The zero-order valence-electron chi connectivity index (χ0n) is 24.8. The molecule has 0 radical (unpaired) electrons. The summed E-state index contributed by atoms with van der Waals surface area (Å²) in [5, 5.41) is 0. The van der Waals surface area contributed by atoms with E-state index in [1.807, 2.05) is 0 Å². The molecular formula is C28H58O9. The van der Waals surface area contributed by atoms with Crippen LogP contribution in [0.3, 0.4) is 0 Å². The van der Waals surface area contributed by atoms with E-state index in [1.165, 1.54) is 0 Å². The van der Waals surface area contributed by atoms with Gasteiger partial charge in [-0.3, -0.25) is 0 Å². The molecule has 0 aromatic rings. The van der Waals surface area contributed by atoms with Gasteiger partial charge in [-0.2, -0.15) is 0 Å². The van der Waals surface area contributed by atoms with Crippen molar-refractivity contribution < 1.29 is 42.6 Å². The molecule has 9 heteroatoms. The van der Waals surface area contributed by atoms with E-state index in [0.717, 1.165) is 26.1 Å². The third-order valence-corrected chi connectivity index (χ3v) is 4.97. The lowest BCUT2D eigenvalue weighted by atomic mass is 9.93. The third-order valence-electron chi connectivity index (χ3n) is 4.97. The van der Waals surface area contributed by atoms with Crippen molar-refractivity contribution in [2.24, 2.45) is 10.8 Å². The quantitative estimate of drug-likeness (QED) is 0.137. The first-order valence-corrected chi connectivity index (χ1v) is 13.9. The predicted octanol–water partition coefficient (Wildman–Crippen LogP) is 4.01. The molecule has 0 heterocycles. The molecule has 0 amide bonds. The highest BCUT2D eigenvalue weighted by molar-refractivity contribution is 4.60. The Balaban J connectivity index is 3.07. The van der Waals surface area contributed by atoms with Crippen LogP contribution in [0.2, 0.25) is 0 Å². The van der Waals surface area contributed by atoms with Crippen LogP contribution in [0.4, 0.5) is 0 Å². The lowest BCUT2D eigenvalue weighted by molar-refractivity contribution is -0.0256. The molecule has 0 aromatic heterocycles. The number of rotatable bonds is 28. The van der Waals surface area contributed by atoms with E-state index in [4.69, 9.17) is 42.6 Å². The largest absolute Gasteiger partial charge is 0.379 e. The number of ether oxygens (including phenoxy) is 9. The molecule has 0 aliphatic rings. The Morgan fingerprint density at radius 1 is 0.243 bits per heavy atom. The Morgan fingerprint density at radius 2 is 0.378 bits per heavy atom. The minimum Gasteiger partial charge on any atom is -0.379 e. The summed E-state index contributed by atoms with van der Waals surface area (Å²) in [6.45, 7) is 23.8. The summed E-state index contributed by atoms with van der Waals surface area (Å²) in [5.41, 5.74) is 0.623. The van der Waals surface area contributed by atoms with Crippen molar-refractivity contribution >= 4 is 0 Å². The molecule has 0 saturated carbocycles. The second-order valence-electron chi connectivity index (χ2n) is 11.1. The van der Waals surface area contributed by atoms with Gasteiger partial charge in [0.1, 0.15) is 0 Å². The Bertz CT molecular complexity index is 410. The van der Waals surface area contributed by atoms with Gasteiger partial charge in [-0.05, 0) is 23.7 Å². The summed E-state index contributed by atoms with van der Waals surface area (Å²) >= 11 is 0. The van der Waals surface area contributed by atoms with Gasteiger partial charge in [-0.25, -0.2) is 0 Å². The van der Waals surface area contributed by atoms with Gasteiger partial charge in [-0.15, -0.1) is 0 Å². The predicted molar refractivity (Wildman–Crippen MR) is 146 cm³/mol. The molecule has 0 aromatic carbocycles. The SMILES string of the molecule is CC(C)(C)CCOCCOCCOCCOCCOCCOCCOCCOCCOCCC(C)(C)C. The second-order valence-corrected chi connectivity index (χ2v) is 11.1. The summed E-state index contributed by atoms with van der Waals surface area (Å²) in [5.74, 6) is 0. The van der Waals surface area contributed by atoms with Crippen LogP contribution in [-0.4, -0.2) is 119 Å². The molecule has 224 valence electrons. The van der Waals surface area contributed by atoms with Crippen LogP contribution in [0, 0.1) is 10.8 Å². The van der Waals surface area contributed by atoms with E-state index in [1.54, 1.807) is 0 Å². The van der Waals surface area contributed by atoms with Gasteiger partial charge < -0.3 is 42.6 Å². The summed E-state index contributed by atoms with van der Waals surface area (Å²) in [7, 11) is 0. The fourth-order valence-electron chi connectivity index (χ4n) is 2.62. The van der Waals surface area contributed by atoms with Crippen LogP contribution < -0.4 is 0 Å². The average Bonchev–Trinajstić information content (AvgIpc) is 2.81. The first-order chi connectivity index (χ1) is 17.7. The van der Waals surface area contributed by atoms with E-state index >= 15 is 0 Å². The highest BCUT2D eigenvalue weighted by Crippen LogP contribution is 2.18. The number of hydrogen-bond donors (Lipinski definition) is 0. The highest BCUT2D eigenvalue weighted by atomic mass is 16.6. The Labute approximate surface area is 227 Å². The molecular weight excluding hydrogens is 480 g/mol. The monoisotopic (exact) mass is 538 g/mol. The van der Waals surface area contributed by atoms with Crippen LogP contribution in [-0.2, 0) is 42.6 Å². The average molecular weight is 539 g/mol. The minimum absolute atomic E-state index is 0.311. The lowest BCUT2D eigenvalue weighted by Gasteiger charge is -2.17. The fourth-order valence-corrected chi connectivity index (χ4v) is 2.62. The molecule has 0 N–H and O–H groups in total. The Morgan fingerprint density at radius 3 is 0.514 bits per heavy atom. The minimum atomic E-state index is 0.311. The van der Waals surface area contributed by atoms with Crippen molar-refractivity contribution in [1.29, 1.82) is 0 Å². The molecule has 0 bridgehead atoms. The molecule has 9 nitrogen and oxygen atoms in total. The summed E-state index contributed by atoms with van der Waals surface area (Å²) in [4.78, 5) is 0. The maximum Gasteiger partial charge on any atom is 0.0701 e. The zero-order chi connectivity index (χ0) is 27.5. The maximum atomic E-state index is 5.55. The van der Waals surface area contributed by atoms with Gasteiger partial charge in [0.05, 0.1) is 106 Å². The molecule has 37 heavy (non-hydrogen) atoms. The van der Waals surface area contributed by atoms with E-state index in [-0.39, 0.29) is 0 Å². The smallest absolute Gasteiger partial charge is 0.0701 e. The molecule has 0 unspecified atom stereocenters. The van der Waals surface area contributed by atoms with E-state index in [2.05, 4.69) is 41.5 Å². The lowest BCUT2D eigenvalue weighted by Crippen LogP contribution is -2.15. The van der Waals surface area contributed by atoms with Crippen LogP contribution >= 0.6 is 0 Å². The summed E-state index contributed by atoms with van der Waals surface area (Å²) < 4.78 is 49.4. The Kier molecular flexibility index (Phi) is 25.6. The first kappa shape index (κ1) is 36.6. The van der Waals surface area contributed by atoms with E-state index < -0.39 is 0 Å². The fraction of sp³-hybridized carbons (Fsp3) is 1.00. The summed E-state index contributed by atoms with van der Waals surface area (Å²) in [6.07, 6.45) is 2.10. The van der Waals surface area contributed by atoms with Crippen molar-refractivity contribution in [3.05, 3.63) is 0 Å². The van der Waals surface area contributed by atoms with Gasteiger partial charge >= 0.3 is 0 Å². The van der Waals surface area contributed by atoms with Gasteiger partial charge in [0, 0.05) is 13.2 Å². The van der Waals surface area contributed by atoms with Gasteiger partial charge in [-0.1, -0.05) is 41.5 Å². The van der Waals surface area contributed by atoms with Crippen molar-refractivity contribution in [2.75, 3.05) is 119 Å². The molecule has 0 fully saturated rings. The third kappa shape index (κ3) is 35.6. The molecule has 0 aliphatic carbocycles. The maximum absolute atomic E-state index is 5.55. The molecule has 0 rings (SSSR count). The van der Waals surface area contributed by atoms with E-state index in [9.17, 15) is 0 Å². The zero-order valence-corrected chi connectivity index (χ0v) is 24.8. The number of hydrogen-bond acceptors (Lipinski definition) is 9.